The SMILES string of the molecule is C=C(F)C(=O)N1Cc2ccccc2OC2(CCC2)C1. The van der Waals surface area contributed by atoms with Gasteiger partial charge < -0.3 is 9.64 Å². The van der Waals surface area contributed by atoms with Crippen molar-refractivity contribution in [3.8, 4) is 5.75 Å². The predicted molar refractivity (Wildman–Crippen MR) is 69.3 cm³/mol. The first kappa shape index (κ1) is 12.2. The molecule has 1 heterocycles. The van der Waals surface area contributed by atoms with Crippen molar-refractivity contribution < 1.29 is 13.9 Å². The molecule has 0 unspecified atom stereocenters. The highest BCUT2D eigenvalue weighted by Gasteiger charge is 2.44. The van der Waals surface area contributed by atoms with E-state index in [1.807, 2.05) is 24.3 Å². The van der Waals surface area contributed by atoms with E-state index in [1.54, 1.807) is 0 Å². The summed E-state index contributed by atoms with van der Waals surface area (Å²) < 4.78 is 19.2. The minimum atomic E-state index is -0.908. The van der Waals surface area contributed by atoms with Gasteiger partial charge >= 0.3 is 0 Å². The Hall–Kier alpha value is -1.84. The van der Waals surface area contributed by atoms with Crippen LogP contribution in [0, 0.1) is 0 Å². The molecule has 1 saturated carbocycles. The Labute approximate surface area is 111 Å². The topological polar surface area (TPSA) is 29.5 Å². The van der Waals surface area contributed by atoms with E-state index in [1.165, 1.54) is 4.90 Å². The second-order valence-electron chi connectivity index (χ2n) is 5.31. The third-order valence-corrected chi connectivity index (χ3v) is 3.92. The summed E-state index contributed by atoms with van der Waals surface area (Å²) in [6.07, 6.45) is 2.90. The Morgan fingerprint density at radius 2 is 2.11 bits per heavy atom. The number of carbonyl (C=O) groups is 1. The smallest absolute Gasteiger partial charge is 0.282 e. The van der Waals surface area contributed by atoms with Gasteiger partial charge in [0.05, 0.1) is 6.54 Å². The number of carbonyl (C=O) groups excluding carboxylic acids is 1. The Bertz CT molecular complexity index is 537. The fourth-order valence-corrected chi connectivity index (χ4v) is 2.76. The van der Waals surface area contributed by atoms with Gasteiger partial charge in [0.2, 0.25) is 0 Å². The fourth-order valence-electron chi connectivity index (χ4n) is 2.76. The van der Waals surface area contributed by atoms with Crippen LogP contribution in [0.3, 0.4) is 0 Å². The van der Waals surface area contributed by atoms with Crippen LogP contribution in [-0.4, -0.2) is 23.0 Å². The summed E-state index contributed by atoms with van der Waals surface area (Å²) in [6, 6.07) is 7.63. The molecule has 19 heavy (non-hydrogen) atoms. The Balaban J connectivity index is 1.96. The number of rotatable bonds is 1. The van der Waals surface area contributed by atoms with Crippen LogP contribution < -0.4 is 4.74 Å². The number of para-hydroxylation sites is 1. The molecule has 1 aromatic rings. The fraction of sp³-hybridized carbons (Fsp3) is 0.400. The molecule has 3 nitrogen and oxygen atoms in total. The molecule has 0 aromatic heterocycles. The van der Waals surface area contributed by atoms with E-state index in [4.69, 9.17) is 4.74 Å². The second-order valence-corrected chi connectivity index (χ2v) is 5.31. The van der Waals surface area contributed by atoms with Crippen LogP contribution >= 0.6 is 0 Å². The molecule has 1 aromatic carbocycles. The molecule has 0 atom stereocenters. The number of nitrogens with zero attached hydrogens (tertiary/aromatic N) is 1. The Kier molecular flexibility index (Phi) is 2.81. The maximum atomic E-state index is 13.1. The molecule has 1 aliphatic heterocycles. The molecule has 1 fully saturated rings. The van der Waals surface area contributed by atoms with Gasteiger partial charge in [0.15, 0.2) is 5.83 Å². The number of halogens is 1. The van der Waals surface area contributed by atoms with E-state index in [-0.39, 0.29) is 5.60 Å². The molecule has 0 N–H and O–H groups in total. The summed E-state index contributed by atoms with van der Waals surface area (Å²) in [7, 11) is 0. The number of amides is 1. The van der Waals surface area contributed by atoms with Crippen molar-refractivity contribution in [2.75, 3.05) is 6.54 Å². The van der Waals surface area contributed by atoms with Gasteiger partial charge in [0.1, 0.15) is 11.4 Å². The minimum absolute atomic E-state index is 0.336. The standard InChI is InChI=1S/C15H16FNO2/c1-11(16)14(18)17-9-12-5-2-3-6-13(12)19-15(10-17)7-4-8-15/h2-3,5-6H,1,4,7-10H2. The van der Waals surface area contributed by atoms with Gasteiger partial charge in [-0.3, -0.25) is 4.79 Å². The van der Waals surface area contributed by atoms with E-state index in [2.05, 4.69) is 6.58 Å². The van der Waals surface area contributed by atoms with Gasteiger partial charge in [-0.2, -0.15) is 0 Å². The number of ether oxygens (including phenoxy) is 1. The van der Waals surface area contributed by atoms with Crippen molar-refractivity contribution in [2.45, 2.75) is 31.4 Å². The zero-order valence-electron chi connectivity index (χ0n) is 10.7. The van der Waals surface area contributed by atoms with E-state index in [0.717, 1.165) is 30.6 Å². The first-order valence-corrected chi connectivity index (χ1v) is 6.50. The number of hydrogen-bond donors (Lipinski definition) is 0. The summed E-state index contributed by atoms with van der Waals surface area (Å²) in [5.41, 5.74) is 0.582. The molecule has 1 amide bonds. The molecule has 0 bridgehead atoms. The maximum Gasteiger partial charge on any atom is 0.282 e. The number of benzene rings is 1. The van der Waals surface area contributed by atoms with Gasteiger partial charge in [0.25, 0.3) is 5.91 Å². The summed E-state index contributed by atoms with van der Waals surface area (Å²) in [5, 5.41) is 0. The molecule has 1 spiro atoms. The lowest BCUT2D eigenvalue weighted by Crippen LogP contribution is -2.52. The molecular formula is C15H16FNO2. The first-order chi connectivity index (χ1) is 9.10. The number of hydrogen-bond acceptors (Lipinski definition) is 2. The molecular weight excluding hydrogens is 245 g/mol. The maximum absolute atomic E-state index is 13.1. The van der Waals surface area contributed by atoms with Gasteiger partial charge in [-0.1, -0.05) is 24.8 Å². The average Bonchev–Trinajstić information content (AvgIpc) is 2.53. The molecule has 100 valence electrons. The largest absolute Gasteiger partial charge is 0.485 e. The highest BCUT2D eigenvalue weighted by molar-refractivity contribution is 5.90. The average molecular weight is 261 g/mol. The van der Waals surface area contributed by atoms with E-state index in [0.29, 0.717) is 13.1 Å². The predicted octanol–water partition coefficient (Wildman–Crippen LogP) is 2.81. The van der Waals surface area contributed by atoms with Crippen LogP contribution in [0.15, 0.2) is 36.7 Å². The van der Waals surface area contributed by atoms with Crippen LogP contribution in [0.5, 0.6) is 5.75 Å². The lowest BCUT2D eigenvalue weighted by atomic mass is 9.79. The van der Waals surface area contributed by atoms with Crippen molar-refractivity contribution in [1.29, 1.82) is 0 Å². The Morgan fingerprint density at radius 3 is 2.74 bits per heavy atom. The minimum Gasteiger partial charge on any atom is -0.485 e. The monoisotopic (exact) mass is 261 g/mol. The van der Waals surface area contributed by atoms with E-state index >= 15 is 0 Å². The van der Waals surface area contributed by atoms with Crippen LogP contribution in [0.4, 0.5) is 4.39 Å². The van der Waals surface area contributed by atoms with Crippen LogP contribution in [0.25, 0.3) is 0 Å². The molecule has 3 rings (SSSR count). The molecule has 0 saturated heterocycles. The quantitative estimate of drug-likeness (QED) is 0.727. The van der Waals surface area contributed by atoms with Crippen molar-refractivity contribution in [2.24, 2.45) is 0 Å². The van der Waals surface area contributed by atoms with Gasteiger partial charge in [0, 0.05) is 12.1 Å². The molecule has 1 aliphatic carbocycles. The van der Waals surface area contributed by atoms with Crippen molar-refractivity contribution >= 4 is 5.91 Å². The zero-order valence-corrected chi connectivity index (χ0v) is 10.7. The van der Waals surface area contributed by atoms with E-state index < -0.39 is 11.7 Å². The van der Waals surface area contributed by atoms with Crippen molar-refractivity contribution in [1.82, 2.24) is 4.90 Å². The third-order valence-electron chi connectivity index (χ3n) is 3.92. The lowest BCUT2D eigenvalue weighted by molar-refractivity contribution is -0.133. The molecule has 2 aliphatic rings. The summed E-state index contributed by atoms with van der Waals surface area (Å²) >= 11 is 0. The van der Waals surface area contributed by atoms with Gasteiger partial charge in [-0.05, 0) is 25.3 Å². The lowest BCUT2D eigenvalue weighted by Gasteiger charge is -2.42. The first-order valence-electron chi connectivity index (χ1n) is 6.50. The van der Waals surface area contributed by atoms with Crippen LogP contribution in [0.2, 0.25) is 0 Å². The summed E-state index contributed by atoms with van der Waals surface area (Å²) in [6.45, 7) is 3.92. The normalized spacial score (nSPS) is 19.9. The third kappa shape index (κ3) is 2.11. The van der Waals surface area contributed by atoms with Gasteiger partial charge in [-0.25, -0.2) is 4.39 Å². The summed E-state index contributed by atoms with van der Waals surface area (Å²) in [4.78, 5) is 13.4. The van der Waals surface area contributed by atoms with E-state index in [9.17, 15) is 9.18 Å². The molecule has 4 heteroatoms. The number of fused-ring (bicyclic) bond motifs is 1. The van der Waals surface area contributed by atoms with Crippen molar-refractivity contribution in [3.05, 3.63) is 42.2 Å². The van der Waals surface area contributed by atoms with Crippen LogP contribution in [-0.2, 0) is 11.3 Å². The molecule has 0 radical (unpaired) electrons. The Morgan fingerprint density at radius 1 is 1.37 bits per heavy atom. The van der Waals surface area contributed by atoms with Crippen LogP contribution in [0.1, 0.15) is 24.8 Å². The van der Waals surface area contributed by atoms with Crippen molar-refractivity contribution in [3.63, 3.8) is 0 Å². The zero-order chi connectivity index (χ0) is 13.5. The second kappa shape index (κ2) is 4.37. The highest BCUT2D eigenvalue weighted by atomic mass is 19.1. The highest BCUT2D eigenvalue weighted by Crippen LogP contribution is 2.41. The van der Waals surface area contributed by atoms with Gasteiger partial charge in [-0.15, -0.1) is 0 Å². The summed E-state index contributed by atoms with van der Waals surface area (Å²) in [5.74, 6) is -0.734.